The number of fused-ring (bicyclic) bond motifs is 7. The number of carboxylic acid groups (broad SMARTS) is 1. The SMILES string of the molecule is CC1(C)CC[C@]2(C(=O)O)CC[C@]3(C)C(=CC[C@@H]4[C@@]5(C)CC[C@H](OC(=O)[C@@H](N)CCC(N)=O)C(C)(C)[C@@H]5CC[C@]43C)[C@@H]2C1.Cl. The zero-order chi connectivity index (χ0) is 31.1. The first-order valence-corrected chi connectivity index (χ1v) is 16.5. The summed E-state index contributed by atoms with van der Waals surface area (Å²) >= 11 is 0. The number of primary amides is 1. The fourth-order valence-electron chi connectivity index (χ4n) is 11.5. The molecule has 5 aliphatic carbocycles. The summed E-state index contributed by atoms with van der Waals surface area (Å²) in [5.74, 6) is -0.486. The van der Waals surface area contributed by atoms with Crippen LogP contribution in [-0.2, 0) is 19.1 Å². The summed E-state index contributed by atoms with van der Waals surface area (Å²) in [6, 6.07) is -0.841. The molecule has 5 rings (SSSR count). The highest BCUT2D eigenvalue weighted by Crippen LogP contribution is 2.75. The number of rotatable bonds is 6. The normalized spacial score (nSPS) is 43.2. The van der Waals surface area contributed by atoms with Gasteiger partial charge in [0.25, 0.3) is 0 Å². The fourth-order valence-corrected chi connectivity index (χ4v) is 11.5. The smallest absolute Gasteiger partial charge is 0.323 e. The van der Waals surface area contributed by atoms with Crippen LogP contribution in [0.15, 0.2) is 11.6 Å². The summed E-state index contributed by atoms with van der Waals surface area (Å²) in [6.07, 6.45) is 12.0. The number of carbonyl (C=O) groups excluding carboxylic acids is 2. The van der Waals surface area contributed by atoms with Crippen molar-refractivity contribution in [2.45, 2.75) is 138 Å². The molecule has 0 radical (unpaired) electrons. The molecule has 7 nitrogen and oxygen atoms in total. The third kappa shape index (κ3) is 5.07. The number of carboxylic acids is 1. The molecule has 43 heavy (non-hydrogen) atoms. The zero-order valence-electron chi connectivity index (χ0n) is 27.6. The Morgan fingerprint density at radius 1 is 0.953 bits per heavy atom. The second kappa shape index (κ2) is 11.0. The standard InChI is InChI=1S/C35H56N2O5.ClH/c1-30(2)16-18-35(29(40)41)19-17-33(6)21(22(35)20-30)8-10-25-32(5)14-13-26(42-28(39)23(36)9-11-27(37)38)31(3,4)24(32)12-15-34(25,33)7;/h8,22-26H,9-20,36H2,1-7H3,(H2,37,38)(H,40,41);1H/t22-,23-,24-,25+,26-,32-,33+,34+,35-;/m0./s1. The molecule has 0 spiro atoms. The molecule has 0 aromatic carbocycles. The van der Waals surface area contributed by atoms with Crippen molar-refractivity contribution >= 4 is 30.3 Å². The average Bonchev–Trinajstić information content (AvgIpc) is 2.88. The Hall–Kier alpha value is -1.60. The number of hydrogen-bond donors (Lipinski definition) is 3. The maximum atomic E-state index is 12.9. The Balaban J connectivity index is 0.00000423. The lowest BCUT2D eigenvalue weighted by Crippen LogP contribution is -2.65. The van der Waals surface area contributed by atoms with Gasteiger partial charge < -0.3 is 21.3 Å². The van der Waals surface area contributed by atoms with Gasteiger partial charge in [0.15, 0.2) is 0 Å². The minimum absolute atomic E-state index is 0. The van der Waals surface area contributed by atoms with Gasteiger partial charge in [-0.05, 0) is 110 Å². The highest BCUT2D eigenvalue weighted by atomic mass is 35.5. The number of allylic oxidation sites excluding steroid dienone is 2. The second-order valence-corrected chi connectivity index (χ2v) is 17.1. The van der Waals surface area contributed by atoms with Crippen LogP contribution in [0.4, 0.5) is 0 Å². The van der Waals surface area contributed by atoms with Crippen molar-refractivity contribution in [2.75, 3.05) is 0 Å². The molecule has 4 fully saturated rings. The van der Waals surface area contributed by atoms with Crippen LogP contribution in [0, 0.1) is 50.2 Å². The predicted octanol–water partition coefficient (Wildman–Crippen LogP) is 6.80. The van der Waals surface area contributed by atoms with E-state index in [-0.39, 0.29) is 64.3 Å². The Kier molecular flexibility index (Phi) is 8.79. The van der Waals surface area contributed by atoms with E-state index in [0.717, 1.165) is 64.2 Å². The zero-order valence-corrected chi connectivity index (χ0v) is 28.4. The highest BCUT2D eigenvalue weighted by molar-refractivity contribution is 5.85. The van der Waals surface area contributed by atoms with Crippen LogP contribution in [0.2, 0.25) is 0 Å². The van der Waals surface area contributed by atoms with Crippen molar-refractivity contribution in [3.63, 3.8) is 0 Å². The molecular formula is C35H57ClN2O5. The topological polar surface area (TPSA) is 133 Å². The molecule has 244 valence electrons. The lowest BCUT2D eigenvalue weighted by molar-refractivity contribution is -0.214. The van der Waals surface area contributed by atoms with Gasteiger partial charge in [0.05, 0.1) is 5.41 Å². The minimum atomic E-state index is -0.841. The molecule has 0 aromatic heterocycles. The molecule has 0 saturated heterocycles. The van der Waals surface area contributed by atoms with Gasteiger partial charge in [-0.2, -0.15) is 0 Å². The molecule has 0 unspecified atom stereocenters. The largest absolute Gasteiger partial charge is 0.481 e. The number of nitrogens with two attached hydrogens (primary N) is 2. The van der Waals surface area contributed by atoms with Crippen molar-refractivity contribution in [2.24, 2.45) is 61.7 Å². The maximum absolute atomic E-state index is 12.9. The summed E-state index contributed by atoms with van der Waals surface area (Å²) in [4.78, 5) is 37.0. The van der Waals surface area contributed by atoms with E-state index in [2.05, 4.69) is 54.5 Å². The van der Waals surface area contributed by atoms with Crippen LogP contribution in [0.25, 0.3) is 0 Å². The van der Waals surface area contributed by atoms with Crippen molar-refractivity contribution in [3.05, 3.63) is 11.6 Å². The lowest BCUT2D eigenvalue weighted by Gasteiger charge is -2.71. The van der Waals surface area contributed by atoms with Gasteiger partial charge in [-0.25, -0.2) is 0 Å². The van der Waals surface area contributed by atoms with E-state index in [0.29, 0.717) is 11.8 Å². The van der Waals surface area contributed by atoms with Crippen LogP contribution >= 0.6 is 12.4 Å². The molecule has 8 heteroatoms. The summed E-state index contributed by atoms with van der Waals surface area (Å²) in [7, 11) is 0. The fraction of sp³-hybridized carbons (Fsp3) is 0.857. The van der Waals surface area contributed by atoms with Crippen molar-refractivity contribution < 1.29 is 24.2 Å². The lowest BCUT2D eigenvalue weighted by atomic mass is 9.33. The minimum Gasteiger partial charge on any atom is -0.481 e. The van der Waals surface area contributed by atoms with Gasteiger partial charge in [0.1, 0.15) is 12.1 Å². The highest BCUT2D eigenvalue weighted by Gasteiger charge is 2.69. The van der Waals surface area contributed by atoms with E-state index < -0.39 is 29.3 Å². The Morgan fingerprint density at radius 2 is 1.60 bits per heavy atom. The summed E-state index contributed by atoms with van der Waals surface area (Å²) in [6.45, 7) is 16.7. The van der Waals surface area contributed by atoms with E-state index in [4.69, 9.17) is 16.2 Å². The van der Waals surface area contributed by atoms with E-state index in [1.54, 1.807) is 0 Å². The molecule has 0 aromatic rings. The molecule has 9 atom stereocenters. The summed E-state index contributed by atoms with van der Waals surface area (Å²) in [5, 5.41) is 10.6. The van der Waals surface area contributed by atoms with Gasteiger partial charge in [-0.1, -0.05) is 60.1 Å². The Labute approximate surface area is 265 Å². The second-order valence-electron chi connectivity index (χ2n) is 17.1. The molecule has 4 saturated carbocycles. The number of esters is 1. The van der Waals surface area contributed by atoms with Gasteiger partial charge in [-0.3, -0.25) is 14.4 Å². The van der Waals surface area contributed by atoms with E-state index in [9.17, 15) is 19.5 Å². The molecule has 0 aliphatic heterocycles. The quantitative estimate of drug-likeness (QED) is 0.221. The first kappa shape index (κ1) is 34.3. The average molecular weight is 621 g/mol. The molecule has 5 aliphatic rings. The molecular weight excluding hydrogens is 564 g/mol. The molecule has 0 heterocycles. The van der Waals surface area contributed by atoms with Gasteiger partial charge in [0.2, 0.25) is 5.91 Å². The van der Waals surface area contributed by atoms with Crippen LogP contribution in [0.3, 0.4) is 0 Å². The van der Waals surface area contributed by atoms with Crippen LogP contribution in [0.5, 0.6) is 0 Å². The number of amides is 1. The number of carbonyl (C=O) groups is 3. The van der Waals surface area contributed by atoms with E-state index >= 15 is 0 Å². The molecule has 5 N–H and O–H groups in total. The predicted molar refractivity (Wildman–Crippen MR) is 170 cm³/mol. The third-order valence-electron chi connectivity index (χ3n) is 14.3. The number of halogens is 1. The summed E-state index contributed by atoms with van der Waals surface area (Å²) in [5.41, 5.74) is 12.3. The third-order valence-corrected chi connectivity index (χ3v) is 14.3. The van der Waals surface area contributed by atoms with E-state index in [1.807, 2.05) is 0 Å². The van der Waals surface area contributed by atoms with Crippen molar-refractivity contribution in [3.8, 4) is 0 Å². The van der Waals surface area contributed by atoms with E-state index in [1.165, 1.54) is 5.57 Å². The molecule has 1 amide bonds. The number of aliphatic carboxylic acids is 1. The van der Waals surface area contributed by atoms with Gasteiger partial charge in [-0.15, -0.1) is 12.4 Å². The van der Waals surface area contributed by atoms with Gasteiger partial charge in [0, 0.05) is 11.8 Å². The number of hydrogen-bond acceptors (Lipinski definition) is 5. The van der Waals surface area contributed by atoms with Crippen LogP contribution in [0.1, 0.15) is 126 Å². The monoisotopic (exact) mass is 620 g/mol. The van der Waals surface area contributed by atoms with Crippen molar-refractivity contribution in [1.29, 1.82) is 0 Å². The Bertz CT molecular complexity index is 1180. The first-order valence-electron chi connectivity index (χ1n) is 16.5. The van der Waals surface area contributed by atoms with Crippen LogP contribution < -0.4 is 11.5 Å². The molecule has 0 bridgehead atoms. The van der Waals surface area contributed by atoms with Crippen LogP contribution in [-0.4, -0.2) is 35.1 Å². The first-order chi connectivity index (χ1) is 19.3. The van der Waals surface area contributed by atoms with Crippen molar-refractivity contribution in [1.82, 2.24) is 0 Å². The summed E-state index contributed by atoms with van der Waals surface area (Å²) < 4.78 is 6.09. The van der Waals surface area contributed by atoms with Gasteiger partial charge >= 0.3 is 11.9 Å². The Morgan fingerprint density at radius 3 is 2.23 bits per heavy atom. The number of ether oxygens (including phenoxy) is 1. The maximum Gasteiger partial charge on any atom is 0.323 e.